The molecule has 0 unspecified atom stereocenters. The summed E-state index contributed by atoms with van der Waals surface area (Å²) in [4.78, 5) is 13.8. The molecule has 7 heteroatoms. The van der Waals surface area contributed by atoms with Gasteiger partial charge in [-0.05, 0) is 18.2 Å². The molecule has 1 aromatic heterocycles. The summed E-state index contributed by atoms with van der Waals surface area (Å²) in [5, 5.41) is 13.3. The summed E-state index contributed by atoms with van der Waals surface area (Å²) in [7, 11) is 0. The summed E-state index contributed by atoms with van der Waals surface area (Å²) in [5.41, 5.74) is -0.332. The van der Waals surface area contributed by atoms with E-state index in [1.807, 2.05) is 0 Å². The smallest absolute Gasteiger partial charge is 0.292 e. The summed E-state index contributed by atoms with van der Waals surface area (Å²) in [6.45, 7) is 0. The fourth-order valence-corrected chi connectivity index (χ4v) is 1.36. The van der Waals surface area contributed by atoms with Crippen LogP contribution in [0.25, 0.3) is 0 Å². The average Bonchev–Trinajstić information content (AvgIpc) is 2.32. The third kappa shape index (κ3) is 2.57. The highest BCUT2D eigenvalue weighted by molar-refractivity contribution is 5.67. The summed E-state index contributed by atoms with van der Waals surface area (Å²) >= 11 is 0. The zero-order valence-electron chi connectivity index (χ0n) is 8.93. The van der Waals surface area contributed by atoms with E-state index in [9.17, 15) is 18.9 Å². The van der Waals surface area contributed by atoms with Gasteiger partial charge in [0.2, 0.25) is 0 Å². The van der Waals surface area contributed by atoms with Crippen molar-refractivity contribution in [3.63, 3.8) is 0 Å². The van der Waals surface area contributed by atoms with Crippen LogP contribution in [-0.2, 0) is 0 Å². The lowest BCUT2D eigenvalue weighted by molar-refractivity contribution is -0.384. The number of benzene rings is 1. The molecule has 0 amide bonds. The number of rotatable bonds is 3. The lowest BCUT2D eigenvalue weighted by atomic mass is 10.2. The first-order chi connectivity index (χ1) is 8.56. The number of nitrogens with zero attached hydrogens (tertiary/aromatic N) is 2. The second-order valence-corrected chi connectivity index (χ2v) is 3.41. The Kier molecular flexibility index (Phi) is 3.13. The van der Waals surface area contributed by atoms with Crippen LogP contribution in [-0.4, -0.2) is 9.91 Å². The van der Waals surface area contributed by atoms with Crippen molar-refractivity contribution in [1.29, 1.82) is 0 Å². The minimum absolute atomic E-state index is 0.0425. The van der Waals surface area contributed by atoms with Crippen LogP contribution < -0.4 is 5.32 Å². The van der Waals surface area contributed by atoms with Crippen molar-refractivity contribution in [2.24, 2.45) is 0 Å². The first kappa shape index (κ1) is 11.9. The highest BCUT2D eigenvalue weighted by Gasteiger charge is 2.14. The normalized spacial score (nSPS) is 10.1. The minimum Gasteiger partial charge on any atom is -0.335 e. The molecule has 18 heavy (non-hydrogen) atoms. The van der Waals surface area contributed by atoms with Gasteiger partial charge in [-0.15, -0.1) is 0 Å². The second-order valence-electron chi connectivity index (χ2n) is 3.41. The molecule has 0 saturated carbocycles. The molecular formula is C11H7F2N3O2. The van der Waals surface area contributed by atoms with Gasteiger partial charge in [-0.3, -0.25) is 10.1 Å². The fraction of sp³-hybridized carbons (Fsp3) is 0. The summed E-state index contributed by atoms with van der Waals surface area (Å²) in [5.74, 6) is -0.968. The van der Waals surface area contributed by atoms with Crippen molar-refractivity contribution in [2.75, 3.05) is 5.32 Å². The minimum atomic E-state index is -0.648. The first-order valence-corrected chi connectivity index (χ1v) is 4.89. The Balaban J connectivity index is 2.35. The van der Waals surface area contributed by atoms with Gasteiger partial charge in [0.05, 0.1) is 11.1 Å². The Labute approximate surface area is 100 Å². The van der Waals surface area contributed by atoms with Crippen LogP contribution in [0.1, 0.15) is 0 Å². The van der Waals surface area contributed by atoms with Crippen molar-refractivity contribution >= 4 is 17.2 Å². The standard InChI is InChI=1S/C11H7F2N3O2/c12-7-1-3-10(16(17)18)9(5-7)15-11-4-2-8(13)6-14-11/h1-6H,(H,14,15). The van der Waals surface area contributed by atoms with E-state index in [1.165, 1.54) is 6.07 Å². The Hall–Kier alpha value is -2.57. The first-order valence-electron chi connectivity index (χ1n) is 4.89. The largest absolute Gasteiger partial charge is 0.335 e. The van der Waals surface area contributed by atoms with Gasteiger partial charge in [-0.2, -0.15) is 0 Å². The van der Waals surface area contributed by atoms with Gasteiger partial charge < -0.3 is 5.32 Å². The Bertz CT molecular complexity index is 587. The van der Waals surface area contributed by atoms with E-state index in [4.69, 9.17) is 0 Å². The van der Waals surface area contributed by atoms with Crippen LogP contribution in [0.5, 0.6) is 0 Å². The van der Waals surface area contributed by atoms with Crippen LogP contribution in [0.15, 0.2) is 36.5 Å². The van der Waals surface area contributed by atoms with E-state index in [0.717, 1.165) is 30.5 Å². The monoisotopic (exact) mass is 251 g/mol. The number of nitro groups is 1. The average molecular weight is 251 g/mol. The summed E-state index contributed by atoms with van der Waals surface area (Å²) in [6.07, 6.45) is 0.952. The predicted molar refractivity (Wildman–Crippen MR) is 60.5 cm³/mol. The molecule has 0 bridgehead atoms. The Morgan fingerprint density at radius 3 is 2.50 bits per heavy atom. The number of hydrogen-bond acceptors (Lipinski definition) is 4. The third-order valence-corrected chi connectivity index (χ3v) is 2.15. The third-order valence-electron chi connectivity index (χ3n) is 2.15. The Morgan fingerprint density at radius 1 is 1.17 bits per heavy atom. The topological polar surface area (TPSA) is 68.1 Å². The number of nitrogens with one attached hydrogen (secondary N) is 1. The van der Waals surface area contributed by atoms with Gasteiger partial charge in [-0.25, -0.2) is 13.8 Å². The van der Waals surface area contributed by atoms with Gasteiger partial charge in [0, 0.05) is 12.1 Å². The van der Waals surface area contributed by atoms with Crippen LogP contribution >= 0.6 is 0 Å². The van der Waals surface area contributed by atoms with Crippen molar-refractivity contribution in [1.82, 2.24) is 4.98 Å². The molecule has 0 saturated heterocycles. The van der Waals surface area contributed by atoms with E-state index in [-0.39, 0.29) is 17.2 Å². The molecule has 2 rings (SSSR count). The molecule has 2 aromatic rings. The number of hydrogen-bond donors (Lipinski definition) is 1. The van der Waals surface area contributed by atoms with Crippen molar-refractivity contribution < 1.29 is 13.7 Å². The van der Waals surface area contributed by atoms with E-state index in [2.05, 4.69) is 10.3 Å². The van der Waals surface area contributed by atoms with Crippen LogP contribution in [0.3, 0.4) is 0 Å². The summed E-state index contributed by atoms with van der Waals surface area (Å²) < 4.78 is 25.7. The molecule has 5 nitrogen and oxygen atoms in total. The summed E-state index contributed by atoms with van der Waals surface area (Å²) in [6, 6.07) is 5.44. The molecule has 0 aliphatic heterocycles. The molecule has 0 aliphatic rings. The number of aromatic nitrogens is 1. The van der Waals surface area contributed by atoms with Crippen LogP contribution in [0.4, 0.5) is 26.0 Å². The van der Waals surface area contributed by atoms with Gasteiger partial charge in [0.1, 0.15) is 23.1 Å². The molecular weight excluding hydrogens is 244 g/mol. The van der Waals surface area contributed by atoms with E-state index < -0.39 is 16.6 Å². The molecule has 1 N–H and O–H groups in total. The van der Waals surface area contributed by atoms with Gasteiger partial charge >= 0.3 is 0 Å². The van der Waals surface area contributed by atoms with Crippen LogP contribution in [0.2, 0.25) is 0 Å². The van der Waals surface area contributed by atoms with E-state index in [0.29, 0.717) is 0 Å². The quantitative estimate of drug-likeness (QED) is 0.672. The Morgan fingerprint density at radius 2 is 1.89 bits per heavy atom. The number of anilines is 2. The molecule has 0 fully saturated rings. The number of nitro benzene ring substituents is 1. The van der Waals surface area contributed by atoms with Crippen molar-refractivity contribution in [2.45, 2.75) is 0 Å². The number of pyridine rings is 1. The maximum absolute atomic E-state index is 13.0. The van der Waals surface area contributed by atoms with E-state index >= 15 is 0 Å². The SMILES string of the molecule is O=[N+]([O-])c1ccc(F)cc1Nc1ccc(F)cn1. The van der Waals surface area contributed by atoms with Crippen LogP contribution in [0, 0.1) is 21.7 Å². The lowest BCUT2D eigenvalue weighted by Gasteiger charge is -2.06. The second kappa shape index (κ2) is 4.74. The molecule has 0 spiro atoms. The molecule has 0 atom stereocenters. The van der Waals surface area contributed by atoms with Gasteiger partial charge in [-0.1, -0.05) is 0 Å². The van der Waals surface area contributed by atoms with Gasteiger partial charge in [0.25, 0.3) is 5.69 Å². The maximum Gasteiger partial charge on any atom is 0.292 e. The highest BCUT2D eigenvalue weighted by atomic mass is 19.1. The number of halogens is 2. The van der Waals surface area contributed by atoms with Crippen molar-refractivity contribution in [3.05, 3.63) is 58.3 Å². The fourth-order valence-electron chi connectivity index (χ4n) is 1.36. The molecule has 1 aromatic carbocycles. The lowest BCUT2D eigenvalue weighted by Crippen LogP contribution is -1.99. The molecule has 0 radical (unpaired) electrons. The predicted octanol–water partition coefficient (Wildman–Crippen LogP) is 3.01. The van der Waals surface area contributed by atoms with Crippen molar-refractivity contribution in [3.8, 4) is 0 Å². The van der Waals surface area contributed by atoms with Gasteiger partial charge in [0.15, 0.2) is 0 Å². The zero-order chi connectivity index (χ0) is 13.1. The zero-order valence-corrected chi connectivity index (χ0v) is 8.93. The molecule has 0 aliphatic carbocycles. The molecule has 1 heterocycles. The highest BCUT2D eigenvalue weighted by Crippen LogP contribution is 2.27. The maximum atomic E-state index is 13.0. The molecule has 92 valence electrons. The van der Waals surface area contributed by atoms with E-state index in [1.54, 1.807) is 0 Å².